The highest BCUT2D eigenvalue weighted by atomic mass is 16.1. The van der Waals surface area contributed by atoms with Crippen LogP contribution < -0.4 is 5.32 Å². The van der Waals surface area contributed by atoms with Gasteiger partial charge in [-0.1, -0.05) is 39.0 Å². The van der Waals surface area contributed by atoms with Crippen LogP contribution in [-0.2, 0) is 17.3 Å². The fourth-order valence-electron chi connectivity index (χ4n) is 5.71. The van der Waals surface area contributed by atoms with Gasteiger partial charge in [0.25, 0.3) is 0 Å². The van der Waals surface area contributed by atoms with Gasteiger partial charge in [0.05, 0.1) is 23.0 Å². The summed E-state index contributed by atoms with van der Waals surface area (Å²) in [5.74, 6) is 0.230. The number of allylic oxidation sites excluding steroid dienone is 2. The molecule has 6 nitrogen and oxygen atoms in total. The lowest BCUT2D eigenvalue weighted by atomic mass is 9.58. The molecule has 5 rings (SSSR count). The van der Waals surface area contributed by atoms with E-state index >= 15 is 0 Å². The molecule has 0 saturated heterocycles. The maximum Gasteiger partial charge on any atom is 0.164 e. The lowest BCUT2D eigenvalue weighted by Gasteiger charge is -2.47. The van der Waals surface area contributed by atoms with E-state index in [1.807, 2.05) is 24.9 Å². The van der Waals surface area contributed by atoms with Crippen molar-refractivity contribution in [3.63, 3.8) is 0 Å². The summed E-state index contributed by atoms with van der Waals surface area (Å²) in [7, 11) is 1.97. The summed E-state index contributed by atoms with van der Waals surface area (Å²) in [6, 6.07) is 10.7. The van der Waals surface area contributed by atoms with E-state index in [-0.39, 0.29) is 17.4 Å². The van der Waals surface area contributed by atoms with Crippen LogP contribution >= 0.6 is 0 Å². The molecule has 1 aromatic carbocycles. The molecule has 0 radical (unpaired) electrons. The first kappa shape index (κ1) is 19.9. The van der Waals surface area contributed by atoms with E-state index in [9.17, 15) is 4.79 Å². The Morgan fingerprint density at radius 2 is 2.03 bits per heavy atom. The lowest BCUT2D eigenvalue weighted by molar-refractivity contribution is -0.119. The molecule has 160 valence electrons. The van der Waals surface area contributed by atoms with Crippen molar-refractivity contribution in [3.8, 4) is 11.3 Å². The largest absolute Gasteiger partial charge is 0.362 e. The van der Waals surface area contributed by atoms with Gasteiger partial charge in [-0.3, -0.25) is 9.48 Å². The predicted molar refractivity (Wildman–Crippen MR) is 120 cm³/mol. The van der Waals surface area contributed by atoms with Crippen molar-refractivity contribution in [2.75, 3.05) is 0 Å². The van der Waals surface area contributed by atoms with Crippen LogP contribution in [0.25, 0.3) is 11.3 Å². The van der Waals surface area contributed by atoms with Gasteiger partial charge < -0.3 is 5.32 Å². The Bertz CT molecular complexity index is 1180. The third-order valence-electron chi connectivity index (χ3n) is 6.96. The Balaban J connectivity index is 1.74. The van der Waals surface area contributed by atoms with E-state index in [1.165, 1.54) is 0 Å². The molecule has 1 aromatic heterocycles. The maximum absolute atomic E-state index is 13.6. The van der Waals surface area contributed by atoms with Gasteiger partial charge in [-0.05, 0) is 42.9 Å². The van der Waals surface area contributed by atoms with E-state index in [0.29, 0.717) is 6.42 Å². The fraction of sp³-hybridized carbons (Fsp3) is 0.440. The SMILES string of the molecule is CCC1(c2cccc(-c3cc(C)nn3C)c2)C2=CN=NC2NC2=C1C(=O)CC(C)(C)C2. The number of aromatic nitrogens is 2. The number of carbonyl (C=O) groups excluding carboxylic acids is 1. The summed E-state index contributed by atoms with van der Waals surface area (Å²) in [6.45, 7) is 8.50. The predicted octanol–water partition coefficient (Wildman–Crippen LogP) is 4.97. The Morgan fingerprint density at radius 3 is 2.74 bits per heavy atom. The van der Waals surface area contributed by atoms with Crippen LogP contribution in [0.2, 0.25) is 0 Å². The zero-order valence-electron chi connectivity index (χ0n) is 18.9. The molecule has 2 atom stereocenters. The smallest absolute Gasteiger partial charge is 0.164 e. The molecule has 0 fully saturated rings. The zero-order valence-corrected chi connectivity index (χ0v) is 18.9. The Hall–Kier alpha value is -3.02. The molecule has 0 saturated carbocycles. The Kier molecular flexibility index (Phi) is 4.33. The number of hydrogen-bond donors (Lipinski definition) is 1. The number of rotatable bonds is 3. The number of carbonyl (C=O) groups is 1. The van der Waals surface area contributed by atoms with E-state index in [2.05, 4.69) is 71.7 Å². The average molecular weight is 416 g/mol. The van der Waals surface area contributed by atoms with Gasteiger partial charge in [-0.2, -0.15) is 15.3 Å². The molecule has 2 aromatic rings. The Morgan fingerprint density at radius 1 is 1.23 bits per heavy atom. The van der Waals surface area contributed by atoms with E-state index in [1.54, 1.807) is 0 Å². The topological polar surface area (TPSA) is 71.6 Å². The van der Waals surface area contributed by atoms with Gasteiger partial charge in [0.1, 0.15) is 0 Å². The highest BCUT2D eigenvalue weighted by molar-refractivity contribution is 6.01. The molecule has 0 bridgehead atoms. The second-order valence-corrected chi connectivity index (χ2v) is 9.79. The van der Waals surface area contributed by atoms with Gasteiger partial charge >= 0.3 is 0 Å². The molecular formula is C25H29N5O. The second kappa shape index (κ2) is 6.74. The summed E-state index contributed by atoms with van der Waals surface area (Å²) in [5, 5.41) is 16.8. The average Bonchev–Trinajstić information content (AvgIpc) is 3.31. The molecule has 3 aliphatic rings. The highest BCUT2D eigenvalue weighted by Gasteiger charge is 2.52. The molecule has 2 unspecified atom stereocenters. The second-order valence-electron chi connectivity index (χ2n) is 9.79. The normalized spacial score (nSPS) is 26.4. The van der Waals surface area contributed by atoms with Crippen LogP contribution in [-0.4, -0.2) is 21.7 Å². The van der Waals surface area contributed by atoms with Crippen molar-refractivity contribution >= 4 is 5.78 Å². The molecule has 1 N–H and O–H groups in total. The number of fused-ring (bicyclic) bond motifs is 1. The molecule has 0 amide bonds. The maximum atomic E-state index is 13.6. The third-order valence-corrected chi connectivity index (χ3v) is 6.96. The molecule has 31 heavy (non-hydrogen) atoms. The van der Waals surface area contributed by atoms with Crippen LogP contribution in [0, 0.1) is 12.3 Å². The minimum absolute atomic E-state index is 0.0621. The number of nitrogens with one attached hydrogen (secondary N) is 1. The minimum Gasteiger partial charge on any atom is -0.362 e. The summed E-state index contributed by atoms with van der Waals surface area (Å²) >= 11 is 0. The highest BCUT2D eigenvalue weighted by Crippen LogP contribution is 2.53. The summed E-state index contributed by atoms with van der Waals surface area (Å²) in [4.78, 5) is 13.6. The quantitative estimate of drug-likeness (QED) is 0.770. The van der Waals surface area contributed by atoms with Crippen LogP contribution in [0.1, 0.15) is 51.3 Å². The van der Waals surface area contributed by atoms with Crippen LogP contribution in [0.15, 0.2) is 63.6 Å². The molecule has 3 heterocycles. The van der Waals surface area contributed by atoms with Gasteiger partial charge in [0.2, 0.25) is 0 Å². The summed E-state index contributed by atoms with van der Waals surface area (Å²) in [6.07, 6.45) is 3.83. The number of aryl methyl sites for hydroxylation is 2. The van der Waals surface area contributed by atoms with Gasteiger partial charge in [-0.15, -0.1) is 0 Å². The van der Waals surface area contributed by atoms with Crippen LogP contribution in [0.4, 0.5) is 0 Å². The van der Waals surface area contributed by atoms with Crippen molar-refractivity contribution < 1.29 is 4.79 Å². The summed E-state index contributed by atoms with van der Waals surface area (Å²) in [5.41, 5.74) is 6.70. The molecule has 1 aliphatic carbocycles. The number of nitrogens with zero attached hydrogens (tertiary/aromatic N) is 4. The molecule has 6 heteroatoms. The van der Waals surface area contributed by atoms with Crippen molar-refractivity contribution in [2.45, 2.75) is 58.5 Å². The van der Waals surface area contributed by atoms with Gasteiger partial charge in [0, 0.05) is 35.9 Å². The number of benzene rings is 1. The fourth-order valence-corrected chi connectivity index (χ4v) is 5.71. The van der Waals surface area contributed by atoms with Crippen molar-refractivity contribution in [1.82, 2.24) is 15.1 Å². The minimum atomic E-state index is -0.522. The first-order valence-electron chi connectivity index (χ1n) is 11.0. The van der Waals surface area contributed by atoms with E-state index in [0.717, 1.165) is 52.2 Å². The first-order valence-corrected chi connectivity index (χ1v) is 11.0. The van der Waals surface area contributed by atoms with E-state index in [4.69, 9.17) is 0 Å². The first-order chi connectivity index (χ1) is 14.7. The molecular weight excluding hydrogens is 386 g/mol. The number of azo groups is 1. The van der Waals surface area contributed by atoms with Crippen molar-refractivity contribution in [2.24, 2.45) is 22.7 Å². The third kappa shape index (κ3) is 2.92. The monoisotopic (exact) mass is 415 g/mol. The number of ketones is 1. The standard InChI is InChI=1S/C25H29N5O/c1-6-25(17-9-7-8-16(11-17)20-10-15(2)29-30(20)5)18-14-26-28-23(18)27-19-12-24(3,4)13-21(31)22(19)25/h7-11,14,23,27H,6,12-13H2,1-5H3. The van der Waals surface area contributed by atoms with Crippen LogP contribution in [0.3, 0.4) is 0 Å². The van der Waals surface area contributed by atoms with Gasteiger partial charge in [-0.25, -0.2) is 0 Å². The Labute approximate surface area is 183 Å². The summed E-state index contributed by atoms with van der Waals surface area (Å²) < 4.78 is 1.91. The molecule has 2 aliphatic heterocycles. The van der Waals surface area contributed by atoms with Gasteiger partial charge in [0.15, 0.2) is 11.9 Å². The molecule has 0 spiro atoms. The zero-order chi connectivity index (χ0) is 22.0. The number of hydrogen-bond acceptors (Lipinski definition) is 5. The van der Waals surface area contributed by atoms with Crippen molar-refractivity contribution in [1.29, 1.82) is 0 Å². The van der Waals surface area contributed by atoms with E-state index < -0.39 is 5.41 Å². The lowest BCUT2D eigenvalue weighted by Crippen LogP contribution is -2.51. The van der Waals surface area contributed by atoms with Crippen LogP contribution in [0.5, 0.6) is 0 Å². The van der Waals surface area contributed by atoms with Crippen molar-refractivity contribution in [3.05, 3.63) is 64.6 Å². The number of Topliss-reactive ketones (excluding diaryl/α,β-unsaturated/α-hetero) is 1.